The minimum atomic E-state index is -1.11. The second-order valence-corrected chi connectivity index (χ2v) is 11.7. The molecular formula is C39H28N2O4. The van der Waals surface area contributed by atoms with Gasteiger partial charge >= 0.3 is 5.97 Å². The minimum absolute atomic E-state index is 0.172. The maximum atomic E-state index is 13.5. The van der Waals surface area contributed by atoms with Gasteiger partial charge in [-0.3, -0.25) is 9.59 Å². The van der Waals surface area contributed by atoms with Gasteiger partial charge in [0.2, 0.25) is 0 Å². The summed E-state index contributed by atoms with van der Waals surface area (Å²) >= 11 is 0. The van der Waals surface area contributed by atoms with Gasteiger partial charge in [0.15, 0.2) is 0 Å². The van der Waals surface area contributed by atoms with Crippen LogP contribution >= 0.6 is 0 Å². The molecule has 0 saturated heterocycles. The largest absolute Gasteiger partial charge is 0.480 e. The van der Waals surface area contributed by atoms with Crippen LogP contribution in [0.3, 0.4) is 0 Å². The zero-order chi connectivity index (χ0) is 30.7. The number of aliphatic carboxylic acids is 1. The van der Waals surface area contributed by atoms with Gasteiger partial charge in [0.1, 0.15) is 6.04 Å². The van der Waals surface area contributed by atoms with Gasteiger partial charge in [-0.05, 0) is 89.6 Å². The lowest BCUT2D eigenvalue weighted by molar-refractivity contribution is -0.139. The molecule has 8 aromatic carbocycles. The van der Waals surface area contributed by atoms with Crippen molar-refractivity contribution in [2.45, 2.75) is 18.9 Å². The van der Waals surface area contributed by atoms with Gasteiger partial charge < -0.3 is 15.7 Å². The minimum Gasteiger partial charge on any atom is -0.480 e. The summed E-state index contributed by atoms with van der Waals surface area (Å²) in [6.07, 6.45) is 0.555. The van der Waals surface area contributed by atoms with Crippen molar-refractivity contribution in [2.75, 3.05) is 6.54 Å². The molecule has 6 heteroatoms. The van der Waals surface area contributed by atoms with Crippen LogP contribution in [0.2, 0.25) is 0 Å². The number of carboxylic acids is 1. The first-order chi connectivity index (χ1) is 22.0. The summed E-state index contributed by atoms with van der Waals surface area (Å²) in [4.78, 5) is 38.9. The van der Waals surface area contributed by atoms with Crippen LogP contribution in [0.4, 0.5) is 0 Å². The van der Waals surface area contributed by atoms with E-state index in [-0.39, 0.29) is 18.9 Å². The number of hydrogen-bond acceptors (Lipinski definition) is 3. The van der Waals surface area contributed by atoms with E-state index in [1.165, 1.54) is 0 Å². The predicted octanol–water partition coefficient (Wildman–Crippen LogP) is 7.87. The van der Waals surface area contributed by atoms with Gasteiger partial charge in [-0.2, -0.15) is 0 Å². The van der Waals surface area contributed by atoms with E-state index in [4.69, 9.17) is 0 Å². The highest BCUT2D eigenvalue weighted by Gasteiger charge is 2.23. The number of carbonyl (C=O) groups is 3. The Balaban J connectivity index is 0.980. The molecule has 0 aromatic heterocycles. The molecule has 0 aliphatic heterocycles. The second kappa shape index (κ2) is 10.5. The van der Waals surface area contributed by atoms with Gasteiger partial charge in [0.05, 0.1) is 0 Å². The Morgan fingerprint density at radius 1 is 0.533 bits per heavy atom. The Morgan fingerprint density at radius 3 is 1.44 bits per heavy atom. The van der Waals surface area contributed by atoms with Gasteiger partial charge in [0.25, 0.3) is 11.8 Å². The molecule has 0 radical (unpaired) electrons. The highest BCUT2D eigenvalue weighted by Crippen LogP contribution is 2.37. The first-order valence-electron chi connectivity index (χ1n) is 15.1. The fourth-order valence-corrected chi connectivity index (χ4v) is 6.96. The van der Waals surface area contributed by atoms with Crippen LogP contribution in [0.1, 0.15) is 33.6 Å². The summed E-state index contributed by atoms with van der Waals surface area (Å²) in [6.45, 7) is 0.277. The highest BCUT2D eigenvalue weighted by molar-refractivity contribution is 6.27. The Bertz CT molecular complexity index is 2420. The van der Waals surface area contributed by atoms with E-state index in [0.29, 0.717) is 17.5 Å². The van der Waals surface area contributed by atoms with Gasteiger partial charge in [0, 0.05) is 17.7 Å². The summed E-state index contributed by atoms with van der Waals surface area (Å²) in [5.74, 6) is -1.75. The second-order valence-electron chi connectivity index (χ2n) is 11.7. The van der Waals surface area contributed by atoms with Crippen molar-refractivity contribution in [3.8, 4) is 0 Å². The number of carbonyl (C=O) groups excluding carboxylic acids is 2. The molecule has 0 bridgehead atoms. The molecule has 8 aromatic rings. The third-order valence-electron chi connectivity index (χ3n) is 9.11. The normalized spacial score (nSPS) is 12.5. The molecule has 0 unspecified atom stereocenters. The number of carboxylic acid groups (broad SMARTS) is 1. The first kappa shape index (κ1) is 26.8. The molecular weight excluding hydrogens is 560 g/mol. The molecule has 0 saturated carbocycles. The molecule has 6 nitrogen and oxygen atoms in total. The SMILES string of the molecule is O=C(NCCC[C@H](NC(=O)c1ccc2ccc3cccc4ccc1c2c34)C(=O)O)c1ccc2ccc3cccc4ccc1c2c34. The number of amides is 2. The average Bonchev–Trinajstić information content (AvgIpc) is 3.07. The molecule has 2 amide bonds. The van der Waals surface area contributed by atoms with E-state index in [0.717, 1.165) is 64.6 Å². The third-order valence-corrected chi connectivity index (χ3v) is 9.11. The van der Waals surface area contributed by atoms with Crippen LogP contribution in [0.5, 0.6) is 0 Å². The number of hydrogen-bond donors (Lipinski definition) is 3. The molecule has 3 N–H and O–H groups in total. The van der Waals surface area contributed by atoms with Crippen molar-refractivity contribution in [3.63, 3.8) is 0 Å². The molecule has 218 valence electrons. The van der Waals surface area contributed by atoms with Gasteiger partial charge in [-0.1, -0.05) is 97.1 Å². The van der Waals surface area contributed by atoms with Crippen LogP contribution in [0.15, 0.2) is 109 Å². The Labute approximate surface area is 257 Å². The third kappa shape index (κ3) is 4.37. The highest BCUT2D eigenvalue weighted by atomic mass is 16.4. The van der Waals surface area contributed by atoms with Crippen molar-refractivity contribution < 1.29 is 19.5 Å². The molecule has 1 atom stereocenters. The van der Waals surface area contributed by atoms with E-state index >= 15 is 0 Å². The Kier molecular flexibility index (Phi) is 6.24. The monoisotopic (exact) mass is 588 g/mol. The Hall–Kier alpha value is -5.75. The summed E-state index contributed by atoms with van der Waals surface area (Å²) in [5.41, 5.74) is 1.02. The zero-order valence-corrected chi connectivity index (χ0v) is 24.3. The lowest BCUT2D eigenvalue weighted by atomic mass is 9.91. The van der Waals surface area contributed by atoms with E-state index < -0.39 is 17.9 Å². The molecule has 0 fully saturated rings. The van der Waals surface area contributed by atoms with Crippen molar-refractivity contribution in [2.24, 2.45) is 0 Å². The van der Waals surface area contributed by atoms with Gasteiger partial charge in [-0.25, -0.2) is 4.79 Å². The maximum Gasteiger partial charge on any atom is 0.326 e. The first-order valence-corrected chi connectivity index (χ1v) is 15.1. The lowest BCUT2D eigenvalue weighted by Crippen LogP contribution is -2.41. The quantitative estimate of drug-likeness (QED) is 0.124. The predicted molar refractivity (Wildman–Crippen MR) is 181 cm³/mol. The van der Waals surface area contributed by atoms with Crippen molar-refractivity contribution in [3.05, 3.63) is 120 Å². The number of benzene rings is 8. The van der Waals surface area contributed by atoms with Crippen LogP contribution < -0.4 is 10.6 Å². The number of nitrogens with one attached hydrogen (secondary N) is 2. The summed E-state index contributed by atoms with van der Waals surface area (Å²) in [6, 6.07) is 35.0. The van der Waals surface area contributed by atoms with Crippen molar-refractivity contribution in [1.82, 2.24) is 10.6 Å². The van der Waals surface area contributed by atoms with Crippen molar-refractivity contribution >= 4 is 82.4 Å². The Morgan fingerprint density at radius 2 is 0.956 bits per heavy atom. The fourth-order valence-electron chi connectivity index (χ4n) is 6.96. The summed E-state index contributed by atoms with van der Waals surface area (Å²) in [7, 11) is 0. The standard InChI is InChI=1S/C39H28N2O4/c42-37(30-19-15-26-11-9-22-4-1-6-24-13-17-28(30)35(26)33(22)24)40-21-3-8-32(39(44)45)41-38(43)31-20-16-27-12-10-23-5-2-7-25-14-18-29(31)36(27)34(23)25/h1-2,4-7,9-20,32H,3,8,21H2,(H,40,42)(H,41,43)(H,44,45)/t32-/m0/s1. The van der Waals surface area contributed by atoms with Crippen molar-refractivity contribution in [1.29, 1.82) is 0 Å². The lowest BCUT2D eigenvalue weighted by Gasteiger charge is -2.17. The topological polar surface area (TPSA) is 95.5 Å². The number of rotatable bonds is 8. The fraction of sp³-hybridized carbons (Fsp3) is 0.103. The van der Waals surface area contributed by atoms with E-state index in [2.05, 4.69) is 53.1 Å². The average molecular weight is 589 g/mol. The zero-order valence-electron chi connectivity index (χ0n) is 24.3. The molecule has 8 rings (SSSR count). The molecule has 0 heterocycles. The van der Waals surface area contributed by atoms with E-state index in [1.54, 1.807) is 6.07 Å². The smallest absolute Gasteiger partial charge is 0.326 e. The molecule has 45 heavy (non-hydrogen) atoms. The van der Waals surface area contributed by atoms with Gasteiger partial charge in [-0.15, -0.1) is 0 Å². The van der Waals surface area contributed by atoms with Crippen LogP contribution in [0.25, 0.3) is 64.6 Å². The summed E-state index contributed by atoms with van der Waals surface area (Å²) in [5, 5.41) is 28.2. The maximum absolute atomic E-state index is 13.5. The van der Waals surface area contributed by atoms with Crippen LogP contribution in [0, 0.1) is 0 Å². The van der Waals surface area contributed by atoms with Crippen LogP contribution in [-0.2, 0) is 4.79 Å². The van der Waals surface area contributed by atoms with Crippen LogP contribution in [-0.4, -0.2) is 35.5 Å². The molecule has 0 aliphatic carbocycles. The summed E-state index contributed by atoms with van der Waals surface area (Å²) < 4.78 is 0. The van der Waals surface area contributed by atoms with E-state index in [9.17, 15) is 19.5 Å². The molecule has 0 aliphatic rings. The van der Waals surface area contributed by atoms with E-state index in [1.807, 2.05) is 60.7 Å². The molecule has 0 spiro atoms.